The number of ether oxygens (including phenoxy) is 1. The molecule has 1 aromatic carbocycles. The van der Waals surface area contributed by atoms with E-state index in [0.717, 1.165) is 19.6 Å². The summed E-state index contributed by atoms with van der Waals surface area (Å²) in [6.45, 7) is 12.0. The lowest BCUT2D eigenvalue weighted by molar-refractivity contribution is 0.0450. The number of benzene rings is 1. The molecule has 21 heavy (non-hydrogen) atoms. The van der Waals surface area contributed by atoms with Crippen molar-refractivity contribution in [2.24, 2.45) is 11.8 Å². The van der Waals surface area contributed by atoms with Crippen molar-refractivity contribution in [2.45, 2.75) is 27.7 Å². The molecule has 0 fully saturated rings. The third-order valence-electron chi connectivity index (χ3n) is 2.98. The Labute approximate surface area is 133 Å². The lowest BCUT2D eigenvalue weighted by atomic mass is 10.1. The largest absolute Gasteiger partial charge is 0.461 e. The van der Waals surface area contributed by atoms with Gasteiger partial charge >= 0.3 is 5.97 Å². The fourth-order valence-corrected chi connectivity index (χ4v) is 2.47. The maximum Gasteiger partial charge on any atom is 0.339 e. The third-order valence-corrected chi connectivity index (χ3v) is 3.31. The van der Waals surface area contributed by atoms with Crippen molar-refractivity contribution in [3.05, 3.63) is 34.9 Å². The molecule has 1 rings (SSSR count). The summed E-state index contributed by atoms with van der Waals surface area (Å²) >= 11 is 5.99. The predicted molar refractivity (Wildman–Crippen MR) is 87.9 cm³/mol. The summed E-state index contributed by atoms with van der Waals surface area (Å²) < 4.78 is 5.34. The van der Waals surface area contributed by atoms with Crippen molar-refractivity contribution >= 4 is 17.6 Å². The van der Waals surface area contributed by atoms with E-state index in [1.807, 2.05) is 0 Å². The SMILES string of the molecule is CC(C)CN(CCOC(=O)c1ccccc1Cl)CC(C)C. The zero-order valence-electron chi connectivity index (χ0n) is 13.4. The van der Waals surface area contributed by atoms with E-state index >= 15 is 0 Å². The van der Waals surface area contributed by atoms with Gasteiger partial charge in [0.25, 0.3) is 0 Å². The van der Waals surface area contributed by atoms with Crippen LogP contribution in [0, 0.1) is 11.8 Å². The lowest BCUT2D eigenvalue weighted by Crippen LogP contribution is -2.34. The Bertz CT molecular complexity index is 436. The maximum atomic E-state index is 12.0. The Kier molecular flexibility index (Phi) is 7.76. The molecule has 0 aliphatic heterocycles. The molecule has 0 unspecified atom stereocenters. The minimum absolute atomic E-state index is 0.352. The number of hydrogen-bond donors (Lipinski definition) is 0. The first kappa shape index (κ1) is 18.0. The molecule has 0 saturated carbocycles. The van der Waals surface area contributed by atoms with Crippen LogP contribution in [0.5, 0.6) is 0 Å². The predicted octanol–water partition coefficient (Wildman–Crippen LogP) is 4.11. The van der Waals surface area contributed by atoms with Crippen molar-refractivity contribution in [3.8, 4) is 0 Å². The molecule has 3 nitrogen and oxygen atoms in total. The molecule has 0 atom stereocenters. The van der Waals surface area contributed by atoms with Crippen LogP contribution in [0.1, 0.15) is 38.1 Å². The molecule has 0 aliphatic rings. The number of esters is 1. The zero-order valence-corrected chi connectivity index (χ0v) is 14.2. The number of halogens is 1. The average Bonchev–Trinajstić information content (AvgIpc) is 2.37. The molecule has 0 aromatic heterocycles. The molecule has 118 valence electrons. The highest BCUT2D eigenvalue weighted by molar-refractivity contribution is 6.33. The Morgan fingerprint density at radius 2 is 1.71 bits per heavy atom. The summed E-state index contributed by atoms with van der Waals surface area (Å²) in [5.74, 6) is 0.848. The highest BCUT2D eigenvalue weighted by Crippen LogP contribution is 2.15. The van der Waals surface area contributed by atoms with Crippen LogP contribution in [-0.4, -0.2) is 37.1 Å². The summed E-state index contributed by atoms with van der Waals surface area (Å²) in [6.07, 6.45) is 0. The molecule has 0 spiro atoms. The number of hydrogen-bond acceptors (Lipinski definition) is 3. The average molecular weight is 312 g/mol. The van der Waals surface area contributed by atoms with Crippen molar-refractivity contribution in [3.63, 3.8) is 0 Å². The van der Waals surface area contributed by atoms with Crippen LogP contribution in [-0.2, 0) is 4.74 Å². The first-order chi connectivity index (χ1) is 9.90. The van der Waals surface area contributed by atoms with Gasteiger partial charge in [0, 0.05) is 19.6 Å². The zero-order chi connectivity index (χ0) is 15.8. The van der Waals surface area contributed by atoms with Gasteiger partial charge in [0.15, 0.2) is 0 Å². The number of carbonyl (C=O) groups is 1. The molecular formula is C17H26ClNO2. The van der Waals surface area contributed by atoms with Crippen LogP contribution < -0.4 is 0 Å². The summed E-state index contributed by atoms with van der Waals surface area (Å²) in [7, 11) is 0. The van der Waals surface area contributed by atoms with Crippen LogP contribution in [0.3, 0.4) is 0 Å². The second-order valence-corrected chi connectivity index (χ2v) is 6.57. The van der Waals surface area contributed by atoms with Gasteiger partial charge in [-0.25, -0.2) is 4.79 Å². The second-order valence-electron chi connectivity index (χ2n) is 6.16. The number of rotatable bonds is 8. The summed E-state index contributed by atoms with van der Waals surface area (Å²) in [5, 5.41) is 0.434. The van der Waals surface area contributed by atoms with Gasteiger partial charge in [0.05, 0.1) is 10.6 Å². The Morgan fingerprint density at radius 1 is 1.14 bits per heavy atom. The molecule has 0 heterocycles. The van der Waals surface area contributed by atoms with E-state index in [0.29, 0.717) is 29.0 Å². The van der Waals surface area contributed by atoms with Crippen LogP contribution in [0.4, 0.5) is 0 Å². The van der Waals surface area contributed by atoms with Crippen LogP contribution in [0.2, 0.25) is 5.02 Å². The summed E-state index contributed by atoms with van der Waals surface area (Å²) in [6, 6.07) is 6.96. The van der Waals surface area contributed by atoms with Gasteiger partial charge in [-0.1, -0.05) is 51.4 Å². The first-order valence-corrected chi connectivity index (χ1v) is 7.92. The van der Waals surface area contributed by atoms with Crippen molar-refractivity contribution in [1.82, 2.24) is 4.90 Å². The van der Waals surface area contributed by atoms with Gasteiger partial charge in [0.1, 0.15) is 6.61 Å². The first-order valence-electron chi connectivity index (χ1n) is 7.54. The van der Waals surface area contributed by atoms with Gasteiger partial charge in [-0.15, -0.1) is 0 Å². The smallest absolute Gasteiger partial charge is 0.339 e. The molecule has 0 N–H and O–H groups in total. The third kappa shape index (κ3) is 6.96. The van der Waals surface area contributed by atoms with Gasteiger partial charge in [0.2, 0.25) is 0 Å². The molecule has 0 bridgehead atoms. The number of nitrogens with zero attached hydrogens (tertiary/aromatic N) is 1. The highest BCUT2D eigenvalue weighted by atomic mass is 35.5. The van der Waals surface area contributed by atoms with E-state index < -0.39 is 0 Å². The molecule has 0 saturated heterocycles. The van der Waals surface area contributed by atoms with Gasteiger partial charge in [-0.2, -0.15) is 0 Å². The van der Waals surface area contributed by atoms with E-state index in [2.05, 4.69) is 32.6 Å². The second kappa shape index (κ2) is 9.06. The topological polar surface area (TPSA) is 29.5 Å². The van der Waals surface area contributed by atoms with Crippen molar-refractivity contribution in [2.75, 3.05) is 26.2 Å². The normalized spacial score (nSPS) is 11.4. The van der Waals surface area contributed by atoms with Crippen LogP contribution >= 0.6 is 11.6 Å². The fourth-order valence-electron chi connectivity index (χ4n) is 2.26. The highest BCUT2D eigenvalue weighted by Gasteiger charge is 2.13. The Morgan fingerprint density at radius 3 is 2.24 bits per heavy atom. The minimum atomic E-state index is -0.352. The van der Waals surface area contributed by atoms with Crippen molar-refractivity contribution < 1.29 is 9.53 Å². The standard InChI is InChI=1S/C17H26ClNO2/c1-13(2)11-19(12-14(3)4)9-10-21-17(20)15-7-5-6-8-16(15)18/h5-8,13-14H,9-12H2,1-4H3. The molecular weight excluding hydrogens is 286 g/mol. The minimum Gasteiger partial charge on any atom is -0.461 e. The molecule has 1 aromatic rings. The van der Waals surface area contributed by atoms with Crippen molar-refractivity contribution in [1.29, 1.82) is 0 Å². The van der Waals surface area contributed by atoms with E-state index in [1.54, 1.807) is 24.3 Å². The van der Waals surface area contributed by atoms with Gasteiger partial charge in [-0.3, -0.25) is 4.90 Å². The molecule has 4 heteroatoms. The Hall–Kier alpha value is -1.06. The summed E-state index contributed by atoms with van der Waals surface area (Å²) in [5.41, 5.74) is 0.429. The molecule has 0 amide bonds. The molecule has 0 radical (unpaired) electrons. The van der Waals surface area contributed by atoms with Crippen LogP contribution in [0.25, 0.3) is 0 Å². The van der Waals surface area contributed by atoms with E-state index in [1.165, 1.54) is 0 Å². The lowest BCUT2D eigenvalue weighted by Gasteiger charge is -2.25. The monoisotopic (exact) mass is 311 g/mol. The quantitative estimate of drug-likeness (QED) is 0.677. The van der Waals surface area contributed by atoms with Gasteiger partial charge < -0.3 is 4.74 Å². The van der Waals surface area contributed by atoms with Crippen LogP contribution in [0.15, 0.2) is 24.3 Å². The molecule has 0 aliphatic carbocycles. The van der Waals surface area contributed by atoms with E-state index in [9.17, 15) is 4.79 Å². The van der Waals surface area contributed by atoms with E-state index in [-0.39, 0.29) is 5.97 Å². The van der Waals surface area contributed by atoms with Gasteiger partial charge in [-0.05, 0) is 24.0 Å². The Balaban J connectivity index is 2.46. The maximum absolute atomic E-state index is 12.0. The van der Waals surface area contributed by atoms with E-state index in [4.69, 9.17) is 16.3 Å². The number of carbonyl (C=O) groups excluding carboxylic acids is 1. The summed E-state index contributed by atoms with van der Waals surface area (Å²) in [4.78, 5) is 14.3. The fraction of sp³-hybridized carbons (Fsp3) is 0.588.